The fourth-order valence-electron chi connectivity index (χ4n) is 1.15. The second-order valence-electron chi connectivity index (χ2n) is 3.18. The third-order valence-corrected chi connectivity index (χ3v) is 1.92. The van der Waals surface area contributed by atoms with Crippen molar-refractivity contribution in [3.05, 3.63) is 29.3 Å². The summed E-state index contributed by atoms with van der Waals surface area (Å²) in [6, 6.07) is 4.79. The molecule has 0 aliphatic heterocycles. The maximum Gasteiger partial charge on any atom is 0.255 e. The molecule has 0 saturated carbocycles. The van der Waals surface area contributed by atoms with Gasteiger partial charge in [-0.25, -0.2) is 8.78 Å². The standard InChI is InChI=1S/C10H12F2N2O.ClH/c1-6-2-3-7(13)4-8(6)10(15)14-5-9(11)12;/h2-4,9H,5,13H2,1H3,(H,14,15);1H. The molecule has 3 nitrogen and oxygen atoms in total. The number of hydrogen-bond acceptors (Lipinski definition) is 2. The van der Waals surface area contributed by atoms with Crippen LogP contribution < -0.4 is 11.1 Å². The number of alkyl halides is 2. The zero-order valence-corrected chi connectivity index (χ0v) is 9.48. The predicted molar refractivity (Wildman–Crippen MR) is 61.2 cm³/mol. The highest BCUT2D eigenvalue weighted by Gasteiger charge is 2.11. The van der Waals surface area contributed by atoms with E-state index in [1.165, 1.54) is 6.07 Å². The molecule has 1 rings (SSSR count). The summed E-state index contributed by atoms with van der Waals surface area (Å²) in [6.07, 6.45) is -2.55. The molecule has 6 heteroatoms. The van der Waals surface area contributed by atoms with Gasteiger partial charge in [-0.05, 0) is 24.6 Å². The van der Waals surface area contributed by atoms with Crippen LogP contribution in [0.4, 0.5) is 14.5 Å². The average Bonchev–Trinajstić information content (AvgIpc) is 2.18. The van der Waals surface area contributed by atoms with Crippen molar-refractivity contribution in [2.24, 2.45) is 0 Å². The van der Waals surface area contributed by atoms with E-state index in [1.54, 1.807) is 19.1 Å². The van der Waals surface area contributed by atoms with E-state index in [4.69, 9.17) is 5.73 Å². The van der Waals surface area contributed by atoms with Gasteiger partial charge < -0.3 is 11.1 Å². The number of benzene rings is 1. The molecule has 90 valence electrons. The highest BCUT2D eigenvalue weighted by atomic mass is 35.5. The van der Waals surface area contributed by atoms with Crippen LogP contribution >= 0.6 is 12.4 Å². The van der Waals surface area contributed by atoms with E-state index in [-0.39, 0.29) is 12.4 Å². The molecule has 0 unspecified atom stereocenters. The first-order valence-corrected chi connectivity index (χ1v) is 4.43. The van der Waals surface area contributed by atoms with Crippen molar-refractivity contribution in [2.75, 3.05) is 12.3 Å². The Morgan fingerprint density at radius 2 is 2.12 bits per heavy atom. The lowest BCUT2D eigenvalue weighted by atomic mass is 10.1. The Kier molecular flexibility index (Phi) is 5.74. The molecular weight excluding hydrogens is 238 g/mol. The van der Waals surface area contributed by atoms with Gasteiger partial charge in [-0.15, -0.1) is 12.4 Å². The topological polar surface area (TPSA) is 55.1 Å². The van der Waals surface area contributed by atoms with Gasteiger partial charge in [-0.3, -0.25) is 4.79 Å². The van der Waals surface area contributed by atoms with E-state index in [0.29, 0.717) is 16.8 Å². The number of hydrogen-bond donors (Lipinski definition) is 2. The van der Waals surface area contributed by atoms with E-state index in [9.17, 15) is 13.6 Å². The van der Waals surface area contributed by atoms with Crippen molar-refractivity contribution in [3.8, 4) is 0 Å². The molecule has 0 heterocycles. The second-order valence-corrected chi connectivity index (χ2v) is 3.18. The second kappa shape index (κ2) is 6.27. The first-order valence-electron chi connectivity index (χ1n) is 4.43. The zero-order chi connectivity index (χ0) is 11.4. The van der Waals surface area contributed by atoms with Crippen molar-refractivity contribution < 1.29 is 13.6 Å². The zero-order valence-electron chi connectivity index (χ0n) is 8.67. The summed E-state index contributed by atoms with van der Waals surface area (Å²) in [7, 11) is 0. The summed E-state index contributed by atoms with van der Waals surface area (Å²) >= 11 is 0. The average molecular weight is 251 g/mol. The van der Waals surface area contributed by atoms with Gasteiger partial charge in [0.1, 0.15) is 0 Å². The van der Waals surface area contributed by atoms with Crippen LogP contribution in [0.2, 0.25) is 0 Å². The van der Waals surface area contributed by atoms with E-state index < -0.39 is 18.9 Å². The number of nitrogen functional groups attached to an aromatic ring is 1. The van der Waals surface area contributed by atoms with Crippen LogP contribution in [0.3, 0.4) is 0 Å². The Hall–Kier alpha value is -1.36. The number of halogens is 3. The molecule has 0 spiro atoms. The maximum absolute atomic E-state index is 11.9. The van der Waals surface area contributed by atoms with Gasteiger partial charge in [0.05, 0.1) is 6.54 Å². The Bertz CT molecular complexity index is 372. The van der Waals surface area contributed by atoms with Crippen LogP contribution in [-0.2, 0) is 0 Å². The molecule has 1 aromatic rings. The van der Waals surface area contributed by atoms with Crippen molar-refractivity contribution >= 4 is 24.0 Å². The lowest BCUT2D eigenvalue weighted by Gasteiger charge is -2.07. The first kappa shape index (κ1) is 14.6. The van der Waals surface area contributed by atoms with Crippen molar-refractivity contribution in [1.29, 1.82) is 0 Å². The molecule has 3 N–H and O–H groups in total. The Morgan fingerprint density at radius 3 is 2.69 bits per heavy atom. The van der Waals surface area contributed by atoms with E-state index in [1.807, 2.05) is 0 Å². The van der Waals surface area contributed by atoms with Crippen molar-refractivity contribution in [3.63, 3.8) is 0 Å². The van der Waals surface area contributed by atoms with Crippen LogP contribution in [0.25, 0.3) is 0 Å². The molecule has 16 heavy (non-hydrogen) atoms. The van der Waals surface area contributed by atoms with E-state index in [2.05, 4.69) is 5.32 Å². The molecule has 0 aliphatic rings. The Morgan fingerprint density at radius 1 is 1.50 bits per heavy atom. The molecular formula is C10H13ClF2N2O. The highest BCUT2D eigenvalue weighted by Crippen LogP contribution is 2.12. The third-order valence-electron chi connectivity index (χ3n) is 1.92. The highest BCUT2D eigenvalue weighted by molar-refractivity contribution is 5.96. The van der Waals surface area contributed by atoms with Gasteiger partial charge in [0.25, 0.3) is 12.3 Å². The molecule has 0 aliphatic carbocycles. The summed E-state index contributed by atoms with van der Waals surface area (Å²) in [4.78, 5) is 11.4. The minimum atomic E-state index is -2.55. The molecule has 0 radical (unpaired) electrons. The van der Waals surface area contributed by atoms with Crippen LogP contribution in [-0.4, -0.2) is 18.9 Å². The number of amides is 1. The fraction of sp³-hybridized carbons (Fsp3) is 0.300. The van der Waals surface area contributed by atoms with Gasteiger partial charge in [-0.1, -0.05) is 6.07 Å². The van der Waals surface area contributed by atoms with Crippen LogP contribution in [0.5, 0.6) is 0 Å². The van der Waals surface area contributed by atoms with Gasteiger partial charge in [0.15, 0.2) is 0 Å². The van der Waals surface area contributed by atoms with Crippen LogP contribution in [0.15, 0.2) is 18.2 Å². The summed E-state index contributed by atoms with van der Waals surface area (Å²) < 4.78 is 23.7. The maximum atomic E-state index is 11.9. The number of nitrogens with two attached hydrogens (primary N) is 1. The molecule has 0 fully saturated rings. The quantitative estimate of drug-likeness (QED) is 0.806. The molecule has 0 atom stereocenters. The largest absolute Gasteiger partial charge is 0.399 e. The first-order chi connectivity index (χ1) is 7.00. The van der Waals surface area contributed by atoms with Gasteiger partial charge in [-0.2, -0.15) is 0 Å². The number of anilines is 1. The van der Waals surface area contributed by atoms with Gasteiger partial charge >= 0.3 is 0 Å². The number of nitrogens with one attached hydrogen (secondary N) is 1. The smallest absolute Gasteiger partial charge is 0.255 e. The van der Waals surface area contributed by atoms with Gasteiger partial charge in [0.2, 0.25) is 0 Å². The normalized spacial score (nSPS) is 9.75. The Labute approximate surface area is 98.4 Å². The number of carbonyl (C=O) groups is 1. The molecule has 0 aromatic heterocycles. The summed E-state index contributed by atoms with van der Waals surface area (Å²) in [5.74, 6) is -0.528. The number of aryl methyl sites for hydroxylation is 1. The number of carbonyl (C=O) groups excluding carboxylic acids is 1. The monoisotopic (exact) mass is 250 g/mol. The van der Waals surface area contributed by atoms with Crippen molar-refractivity contribution in [1.82, 2.24) is 5.32 Å². The van der Waals surface area contributed by atoms with Gasteiger partial charge in [0, 0.05) is 11.3 Å². The molecule has 0 bridgehead atoms. The summed E-state index contributed by atoms with van der Waals surface area (Å²) in [6.45, 7) is 1.07. The van der Waals surface area contributed by atoms with E-state index >= 15 is 0 Å². The summed E-state index contributed by atoms with van der Waals surface area (Å²) in [5, 5.41) is 2.12. The van der Waals surface area contributed by atoms with Crippen LogP contribution in [0, 0.1) is 6.92 Å². The lowest BCUT2D eigenvalue weighted by Crippen LogP contribution is -2.29. The molecule has 0 saturated heterocycles. The van der Waals surface area contributed by atoms with Crippen LogP contribution in [0.1, 0.15) is 15.9 Å². The SMILES string of the molecule is Cc1ccc(N)cc1C(=O)NCC(F)F.Cl. The minimum Gasteiger partial charge on any atom is -0.399 e. The fourth-order valence-corrected chi connectivity index (χ4v) is 1.15. The minimum absolute atomic E-state index is 0. The molecule has 1 amide bonds. The van der Waals surface area contributed by atoms with Crippen molar-refractivity contribution in [2.45, 2.75) is 13.3 Å². The van der Waals surface area contributed by atoms with E-state index in [0.717, 1.165) is 0 Å². The lowest BCUT2D eigenvalue weighted by molar-refractivity contribution is 0.0891. The molecule has 1 aromatic carbocycles. The Balaban J connectivity index is 0.00000225. The summed E-state index contributed by atoms with van der Waals surface area (Å²) in [5.41, 5.74) is 6.96. The predicted octanol–water partition coefficient (Wildman–Crippen LogP) is 1.99. The number of rotatable bonds is 3. The third kappa shape index (κ3) is 4.02.